The fourth-order valence-corrected chi connectivity index (χ4v) is 1.09. The molecule has 0 atom stereocenters. The van der Waals surface area contributed by atoms with Crippen LogP contribution >= 0.6 is 11.6 Å². The van der Waals surface area contributed by atoms with Gasteiger partial charge in [0.15, 0.2) is 0 Å². The Bertz CT molecular complexity index is 365. The molecule has 0 bridgehead atoms. The Labute approximate surface area is 88.3 Å². The Morgan fingerprint density at radius 1 is 1.50 bits per heavy atom. The van der Waals surface area contributed by atoms with Crippen molar-refractivity contribution in [3.63, 3.8) is 0 Å². The number of halogens is 2. The Morgan fingerprint density at radius 2 is 2.29 bits per heavy atom. The van der Waals surface area contributed by atoms with Gasteiger partial charge in [-0.25, -0.2) is 4.39 Å². The van der Waals surface area contributed by atoms with Crippen LogP contribution in [0, 0.1) is 17.7 Å². The molecule has 1 N–H and O–H groups in total. The van der Waals surface area contributed by atoms with Crippen molar-refractivity contribution in [3.05, 3.63) is 34.6 Å². The first kappa shape index (κ1) is 11.0. The van der Waals surface area contributed by atoms with Crippen LogP contribution in [0.25, 0.3) is 0 Å². The van der Waals surface area contributed by atoms with Crippen molar-refractivity contribution in [1.82, 2.24) is 5.32 Å². The molecule has 0 aliphatic heterocycles. The molecule has 0 aliphatic carbocycles. The zero-order valence-corrected chi connectivity index (χ0v) is 8.66. The minimum Gasteiger partial charge on any atom is -0.319 e. The molecule has 0 aromatic heterocycles. The lowest BCUT2D eigenvalue weighted by Crippen LogP contribution is -2.05. The van der Waals surface area contributed by atoms with Crippen molar-refractivity contribution in [2.45, 2.75) is 6.42 Å². The molecule has 0 aliphatic rings. The van der Waals surface area contributed by atoms with E-state index in [1.807, 2.05) is 7.05 Å². The van der Waals surface area contributed by atoms with Gasteiger partial charge in [-0.3, -0.25) is 0 Å². The average molecular weight is 212 g/mol. The zero-order valence-electron chi connectivity index (χ0n) is 7.90. The van der Waals surface area contributed by atoms with Crippen molar-refractivity contribution < 1.29 is 4.39 Å². The number of hydrogen-bond donors (Lipinski definition) is 1. The van der Waals surface area contributed by atoms with Gasteiger partial charge in [0.05, 0.1) is 5.56 Å². The van der Waals surface area contributed by atoms with E-state index in [0.717, 1.165) is 6.54 Å². The summed E-state index contributed by atoms with van der Waals surface area (Å²) < 4.78 is 13.2. The van der Waals surface area contributed by atoms with Crippen molar-refractivity contribution >= 4 is 11.6 Å². The fraction of sp³-hybridized carbons (Fsp3) is 0.273. The van der Waals surface area contributed by atoms with Gasteiger partial charge < -0.3 is 5.32 Å². The monoisotopic (exact) mass is 211 g/mol. The van der Waals surface area contributed by atoms with E-state index in [1.54, 1.807) is 12.1 Å². The SMILES string of the molecule is CNCCC#Cc1ccc(Cl)cc1F. The maximum atomic E-state index is 13.2. The highest BCUT2D eigenvalue weighted by atomic mass is 35.5. The second kappa shape index (κ2) is 5.64. The second-order valence-corrected chi connectivity index (χ2v) is 3.22. The Kier molecular flexibility index (Phi) is 4.45. The topological polar surface area (TPSA) is 12.0 Å². The molecule has 1 aromatic carbocycles. The summed E-state index contributed by atoms with van der Waals surface area (Å²) in [5.74, 6) is 5.25. The van der Waals surface area contributed by atoms with Crippen molar-refractivity contribution in [2.75, 3.05) is 13.6 Å². The van der Waals surface area contributed by atoms with Crippen LogP contribution in [0.3, 0.4) is 0 Å². The predicted molar refractivity (Wildman–Crippen MR) is 56.8 cm³/mol. The Balaban J connectivity index is 2.70. The summed E-state index contributed by atoms with van der Waals surface area (Å²) in [5, 5.41) is 3.35. The molecule has 0 radical (unpaired) electrons. The van der Waals surface area contributed by atoms with Crippen LogP contribution in [0.5, 0.6) is 0 Å². The van der Waals surface area contributed by atoms with E-state index in [9.17, 15) is 4.39 Å². The third kappa shape index (κ3) is 3.37. The third-order valence-corrected chi connectivity index (χ3v) is 1.89. The van der Waals surface area contributed by atoms with Gasteiger partial charge in [0.25, 0.3) is 0 Å². The molecule has 3 heteroatoms. The number of benzene rings is 1. The zero-order chi connectivity index (χ0) is 10.4. The molecule has 0 saturated carbocycles. The number of rotatable bonds is 2. The molecule has 1 nitrogen and oxygen atoms in total. The minimum atomic E-state index is -0.366. The summed E-state index contributed by atoms with van der Waals surface area (Å²) in [7, 11) is 1.85. The lowest BCUT2D eigenvalue weighted by atomic mass is 10.2. The highest BCUT2D eigenvalue weighted by Gasteiger charge is 1.98. The molecule has 0 spiro atoms. The van der Waals surface area contributed by atoms with E-state index in [1.165, 1.54) is 6.07 Å². The lowest BCUT2D eigenvalue weighted by molar-refractivity contribution is 0.624. The summed E-state index contributed by atoms with van der Waals surface area (Å²) in [4.78, 5) is 0. The van der Waals surface area contributed by atoms with E-state index in [-0.39, 0.29) is 5.82 Å². The molecular formula is C11H11ClFN. The first-order chi connectivity index (χ1) is 6.74. The molecule has 1 rings (SSSR count). The van der Waals surface area contributed by atoms with Gasteiger partial charge in [-0.05, 0) is 25.2 Å². The van der Waals surface area contributed by atoms with Crippen molar-refractivity contribution in [1.29, 1.82) is 0 Å². The second-order valence-electron chi connectivity index (χ2n) is 2.78. The van der Waals surface area contributed by atoms with Gasteiger partial charge in [-0.2, -0.15) is 0 Å². The van der Waals surface area contributed by atoms with Crippen LogP contribution in [-0.2, 0) is 0 Å². The molecule has 0 amide bonds. The van der Waals surface area contributed by atoms with Gasteiger partial charge in [0.2, 0.25) is 0 Å². The van der Waals surface area contributed by atoms with E-state index < -0.39 is 0 Å². The first-order valence-electron chi connectivity index (χ1n) is 4.32. The third-order valence-electron chi connectivity index (χ3n) is 1.65. The van der Waals surface area contributed by atoms with Crippen molar-refractivity contribution in [3.8, 4) is 11.8 Å². The Hall–Kier alpha value is -1.04. The molecule has 0 unspecified atom stereocenters. The number of hydrogen-bond acceptors (Lipinski definition) is 1. The number of nitrogens with one attached hydrogen (secondary N) is 1. The van der Waals surface area contributed by atoms with E-state index in [0.29, 0.717) is 17.0 Å². The normalized spacial score (nSPS) is 9.36. The fourth-order valence-electron chi connectivity index (χ4n) is 0.936. The highest BCUT2D eigenvalue weighted by molar-refractivity contribution is 6.30. The summed E-state index contributed by atoms with van der Waals surface area (Å²) in [6.45, 7) is 0.808. The van der Waals surface area contributed by atoms with Crippen LogP contribution < -0.4 is 5.32 Å². The maximum absolute atomic E-state index is 13.2. The summed E-state index contributed by atoms with van der Waals surface area (Å²) in [5.41, 5.74) is 0.394. The molecule has 74 valence electrons. The van der Waals surface area contributed by atoms with E-state index >= 15 is 0 Å². The van der Waals surface area contributed by atoms with Crippen LogP contribution in [0.2, 0.25) is 5.02 Å². The molecule has 14 heavy (non-hydrogen) atoms. The van der Waals surface area contributed by atoms with E-state index in [2.05, 4.69) is 17.2 Å². The van der Waals surface area contributed by atoms with Gasteiger partial charge in [-0.1, -0.05) is 23.4 Å². The summed E-state index contributed by atoms with van der Waals surface area (Å²) in [6, 6.07) is 4.49. The van der Waals surface area contributed by atoms with Crippen molar-refractivity contribution in [2.24, 2.45) is 0 Å². The average Bonchev–Trinajstić information content (AvgIpc) is 2.15. The Morgan fingerprint density at radius 3 is 2.93 bits per heavy atom. The molecular weight excluding hydrogens is 201 g/mol. The molecule has 0 heterocycles. The quantitative estimate of drug-likeness (QED) is 0.585. The first-order valence-corrected chi connectivity index (χ1v) is 4.70. The predicted octanol–water partition coefficient (Wildman–Crippen LogP) is 2.44. The molecule has 0 fully saturated rings. The van der Waals surface area contributed by atoms with Crippen LogP contribution in [-0.4, -0.2) is 13.6 Å². The lowest BCUT2D eigenvalue weighted by Gasteiger charge is -1.94. The standard InChI is InChI=1S/C11H11ClFN/c1-14-7-3-2-4-9-5-6-10(12)8-11(9)13/h5-6,8,14H,3,7H2,1H3. The summed E-state index contributed by atoms with van der Waals surface area (Å²) >= 11 is 5.60. The maximum Gasteiger partial charge on any atom is 0.140 e. The van der Waals surface area contributed by atoms with Crippen LogP contribution in [0.4, 0.5) is 4.39 Å². The van der Waals surface area contributed by atoms with Gasteiger partial charge in [-0.15, -0.1) is 0 Å². The molecule has 0 saturated heterocycles. The van der Waals surface area contributed by atoms with Gasteiger partial charge in [0, 0.05) is 18.0 Å². The van der Waals surface area contributed by atoms with Gasteiger partial charge in [0.1, 0.15) is 5.82 Å². The smallest absolute Gasteiger partial charge is 0.140 e. The van der Waals surface area contributed by atoms with Crippen LogP contribution in [0.15, 0.2) is 18.2 Å². The largest absolute Gasteiger partial charge is 0.319 e. The summed E-state index contributed by atoms with van der Waals surface area (Å²) in [6.07, 6.45) is 0.707. The highest BCUT2D eigenvalue weighted by Crippen LogP contribution is 2.13. The van der Waals surface area contributed by atoms with Crippen LogP contribution in [0.1, 0.15) is 12.0 Å². The minimum absolute atomic E-state index is 0.366. The van der Waals surface area contributed by atoms with Gasteiger partial charge >= 0.3 is 0 Å². The molecule has 1 aromatic rings. The van der Waals surface area contributed by atoms with E-state index in [4.69, 9.17) is 11.6 Å².